The monoisotopic (exact) mass is 303 g/mol. The van der Waals surface area contributed by atoms with Crippen LogP contribution in [-0.2, 0) is 0 Å². The van der Waals surface area contributed by atoms with Gasteiger partial charge in [0, 0.05) is 11.0 Å². The topological polar surface area (TPSA) is 63.4 Å². The predicted octanol–water partition coefficient (Wildman–Crippen LogP) is 4.42. The van der Waals surface area contributed by atoms with Crippen molar-refractivity contribution in [1.29, 1.82) is 0 Å². The van der Waals surface area contributed by atoms with E-state index in [4.69, 9.17) is 0 Å². The van der Waals surface area contributed by atoms with Gasteiger partial charge in [0.15, 0.2) is 0 Å². The van der Waals surface area contributed by atoms with Crippen molar-refractivity contribution in [1.82, 2.24) is 0 Å². The molecule has 0 spiro atoms. The number of hydrogen-bond acceptors (Lipinski definition) is 4. The van der Waals surface area contributed by atoms with Crippen LogP contribution in [0.1, 0.15) is 29.7 Å². The highest BCUT2D eigenvalue weighted by atomic mass is 32.2. The number of aliphatic hydroxyl groups excluding tert-OH is 1. The van der Waals surface area contributed by atoms with Crippen molar-refractivity contribution in [3.63, 3.8) is 0 Å². The fraction of sp³-hybridized carbons (Fsp3) is 0.250. The summed E-state index contributed by atoms with van der Waals surface area (Å²) in [4.78, 5) is 12.4. The van der Waals surface area contributed by atoms with Crippen molar-refractivity contribution < 1.29 is 10.0 Å². The zero-order valence-electron chi connectivity index (χ0n) is 12.2. The van der Waals surface area contributed by atoms with Gasteiger partial charge in [-0.3, -0.25) is 10.1 Å². The first kappa shape index (κ1) is 15.5. The van der Waals surface area contributed by atoms with Crippen LogP contribution in [0.4, 0.5) is 5.69 Å². The second-order valence-corrected chi connectivity index (χ2v) is 6.12. The minimum atomic E-state index is -0.719. The first-order valence-electron chi connectivity index (χ1n) is 6.60. The van der Waals surface area contributed by atoms with Crippen molar-refractivity contribution in [3.8, 4) is 0 Å². The Morgan fingerprint density at radius 3 is 2.38 bits per heavy atom. The van der Waals surface area contributed by atoms with Crippen molar-refractivity contribution in [3.05, 3.63) is 63.2 Å². The Kier molecular flexibility index (Phi) is 4.65. The van der Waals surface area contributed by atoms with Crippen LogP contribution >= 0.6 is 11.8 Å². The van der Waals surface area contributed by atoms with E-state index in [1.54, 1.807) is 19.1 Å². The van der Waals surface area contributed by atoms with Crippen LogP contribution in [0.3, 0.4) is 0 Å². The zero-order valence-corrected chi connectivity index (χ0v) is 13.0. The molecular formula is C16H17NO3S. The molecule has 0 aliphatic heterocycles. The second kappa shape index (κ2) is 6.28. The molecule has 2 aromatic rings. The highest BCUT2D eigenvalue weighted by Gasteiger charge is 2.17. The number of aryl methyl sites for hydroxylation is 2. The van der Waals surface area contributed by atoms with Crippen molar-refractivity contribution >= 4 is 17.4 Å². The summed E-state index contributed by atoms with van der Waals surface area (Å²) in [5.74, 6) is 0. The van der Waals surface area contributed by atoms with Crippen LogP contribution < -0.4 is 0 Å². The quantitative estimate of drug-likeness (QED) is 0.671. The van der Waals surface area contributed by atoms with E-state index in [0.29, 0.717) is 10.5 Å². The molecule has 2 rings (SSSR count). The number of hydrogen-bond donors (Lipinski definition) is 1. The molecule has 0 amide bonds. The Balaban J connectivity index is 2.41. The van der Waals surface area contributed by atoms with Crippen LogP contribution in [0, 0.1) is 24.0 Å². The summed E-state index contributed by atoms with van der Waals surface area (Å²) in [5.41, 5.74) is 2.83. The molecule has 0 aromatic heterocycles. The molecule has 0 saturated heterocycles. The van der Waals surface area contributed by atoms with E-state index < -0.39 is 11.0 Å². The van der Waals surface area contributed by atoms with E-state index >= 15 is 0 Å². The van der Waals surface area contributed by atoms with Gasteiger partial charge in [-0.25, -0.2) is 0 Å². The maximum atomic E-state index is 11.2. The number of nitro benzene ring substituents is 1. The SMILES string of the molecule is Cc1ccc(Sc2ccc(C(C)O)cc2[N+](=O)[O-])c(C)c1. The van der Waals surface area contributed by atoms with E-state index in [9.17, 15) is 15.2 Å². The van der Waals surface area contributed by atoms with Gasteiger partial charge < -0.3 is 5.11 Å². The van der Waals surface area contributed by atoms with Gasteiger partial charge in [-0.2, -0.15) is 0 Å². The number of aliphatic hydroxyl groups is 1. The normalized spacial score (nSPS) is 12.2. The fourth-order valence-corrected chi connectivity index (χ4v) is 3.02. The van der Waals surface area contributed by atoms with Crippen molar-refractivity contribution in [2.75, 3.05) is 0 Å². The molecule has 4 nitrogen and oxygen atoms in total. The average Bonchev–Trinajstić information content (AvgIpc) is 2.41. The Morgan fingerprint density at radius 2 is 1.81 bits per heavy atom. The molecule has 0 aliphatic carbocycles. The molecule has 0 aliphatic rings. The van der Waals surface area contributed by atoms with E-state index in [1.807, 2.05) is 26.0 Å². The number of nitro groups is 1. The lowest BCUT2D eigenvalue weighted by atomic mass is 10.1. The zero-order chi connectivity index (χ0) is 15.6. The first-order valence-corrected chi connectivity index (χ1v) is 7.41. The summed E-state index contributed by atoms with van der Waals surface area (Å²) in [5, 5.41) is 20.8. The molecule has 21 heavy (non-hydrogen) atoms. The largest absolute Gasteiger partial charge is 0.389 e. The molecule has 110 valence electrons. The predicted molar refractivity (Wildman–Crippen MR) is 83.8 cm³/mol. The third kappa shape index (κ3) is 3.62. The standard InChI is InChI=1S/C16H17NO3S/c1-10-4-6-15(11(2)8-10)21-16-7-5-13(12(3)18)9-14(16)17(19)20/h4-9,12,18H,1-3H3. The Labute approximate surface area is 128 Å². The molecule has 2 aromatic carbocycles. The fourth-order valence-electron chi connectivity index (χ4n) is 2.06. The maximum absolute atomic E-state index is 11.2. The maximum Gasteiger partial charge on any atom is 0.283 e. The Morgan fingerprint density at radius 1 is 1.14 bits per heavy atom. The van der Waals surface area contributed by atoms with Crippen LogP contribution in [0.2, 0.25) is 0 Å². The van der Waals surface area contributed by atoms with E-state index in [2.05, 4.69) is 6.07 Å². The highest BCUT2D eigenvalue weighted by molar-refractivity contribution is 7.99. The van der Waals surface area contributed by atoms with Gasteiger partial charge in [0.25, 0.3) is 5.69 Å². The van der Waals surface area contributed by atoms with E-state index in [1.165, 1.54) is 17.8 Å². The molecule has 0 saturated carbocycles. The minimum absolute atomic E-state index is 0.0263. The molecule has 1 unspecified atom stereocenters. The summed E-state index contributed by atoms with van der Waals surface area (Å²) < 4.78 is 0. The second-order valence-electron chi connectivity index (χ2n) is 5.03. The van der Waals surface area contributed by atoms with Gasteiger partial charge in [-0.05, 0) is 44.0 Å². The van der Waals surface area contributed by atoms with Crippen LogP contribution in [0.15, 0.2) is 46.2 Å². The summed E-state index contributed by atoms with van der Waals surface area (Å²) in [7, 11) is 0. The molecule has 1 atom stereocenters. The first-order chi connectivity index (χ1) is 9.88. The smallest absolute Gasteiger partial charge is 0.283 e. The van der Waals surface area contributed by atoms with Gasteiger partial charge in [0.2, 0.25) is 0 Å². The highest BCUT2D eigenvalue weighted by Crippen LogP contribution is 2.37. The minimum Gasteiger partial charge on any atom is -0.389 e. The molecule has 5 heteroatoms. The third-order valence-electron chi connectivity index (χ3n) is 3.21. The van der Waals surface area contributed by atoms with Gasteiger partial charge in [0.05, 0.1) is 15.9 Å². The Hall–Kier alpha value is -1.85. The lowest BCUT2D eigenvalue weighted by Crippen LogP contribution is -1.96. The van der Waals surface area contributed by atoms with Gasteiger partial charge in [-0.15, -0.1) is 0 Å². The molecule has 0 radical (unpaired) electrons. The average molecular weight is 303 g/mol. The molecule has 0 fully saturated rings. The van der Waals surface area contributed by atoms with Crippen molar-refractivity contribution in [2.45, 2.75) is 36.7 Å². The van der Waals surface area contributed by atoms with E-state index in [-0.39, 0.29) is 5.69 Å². The summed E-state index contributed by atoms with van der Waals surface area (Å²) in [6, 6.07) is 10.9. The number of benzene rings is 2. The number of rotatable bonds is 4. The van der Waals surface area contributed by atoms with Crippen LogP contribution in [-0.4, -0.2) is 10.0 Å². The van der Waals surface area contributed by atoms with Gasteiger partial charge in [0.1, 0.15) is 0 Å². The Bertz CT molecular complexity index is 683. The van der Waals surface area contributed by atoms with Crippen LogP contribution in [0.25, 0.3) is 0 Å². The summed E-state index contributed by atoms with van der Waals surface area (Å²) in [6.07, 6.45) is -0.719. The van der Waals surface area contributed by atoms with Crippen molar-refractivity contribution in [2.24, 2.45) is 0 Å². The van der Waals surface area contributed by atoms with Gasteiger partial charge >= 0.3 is 0 Å². The molecule has 0 heterocycles. The number of nitrogens with zero attached hydrogens (tertiary/aromatic N) is 1. The lowest BCUT2D eigenvalue weighted by Gasteiger charge is -2.09. The van der Waals surface area contributed by atoms with Crippen LogP contribution in [0.5, 0.6) is 0 Å². The molecule has 0 bridgehead atoms. The summed E-state index contributed by atoms with van der Waals surface area (Å²) >= 11 is 1.37. The lowest BCUT2D eigenvalue weighted by molar-refractivity contribution is -0.387. The van der Waals surface area contributed by atoms with E-state index in [0.717, 1.165) is 16.0 Å². The summed E-state index contributed by atoms with van der Waals surface area (Å²) in [6.45, 7) is 5.60. The third-order valence-corrected chi connectivity index (χ3v) is 4.46. The molecular weight excluding hydrogens is 286 g/mol. The molecule has 1 N–H and O–H groups in total. The van der Waals surface area contributed by atoms with Gasteiger partial charge in [-0.1, -0.05) is 35.5 Å².